The normalized spacial score (nSPS) is 19.7. The van der Waals surface area contributed by atoms with Crippen LogP contribution in [0.3, 0.4) is 0 Å². The number of thiophene rings is 1. The van der Waals surface area contributed by atoms with Gasteiger partial charge in [-0.05, 0) is 25.5 Å². The maximum Gasteiger partial charge on any atom is -1.00 e. The van der Waals surface area contributed by atoms with Gasteiger partial charge in [0.2, 0.25) is 0 Å². The third-order valence-electron chi connectivity index (χ3n) is 7.97. The van der Waals surface area contributed by atoms with Gasteiger partial charge in [0.1, 0.15) is 0 Å². The first-order valence-electron chi connectivity index (χ1n) is 12.7. The molecule has 0 amide bonds. The van der Waals surface area contributed by atoms with Crippen molar-refractivity contribution in [3.63, 3.8) is 0 Å². The van der Waals surface area contributed by atoms with Crippen molar-refractivity contribution in [2.45, 2.75) is 69.2 Å². The van der Waals surface area contributed by atoms with E-state index in [9.17, 15) is 0 Å². The van der Waals surface area contributed by atoms with Crippen LogP contribution in [0.5, 0.6) is 0 Å². The molecule has 0 saturated carbocycles. The molecule has 0 nitrogen and oxygen atoms in total. The van der Waals surface area contributed by atoms with E-state index < -0.39 is 8.07 Å². The number of halogens is 2. The molecule has 2 bridgehead atoms. The number of unbranched alkanes of at least 4 members (excludes halogenated alkanes) is 1. The fourth-order valence-electron chi connectivity index (χ4n) is 6.32. The number of hydrogen-bond donors (Lipinski definition) is 0. The summed E-state index contributed by atoms with van der Waals surface area (Å²) in [6.45, 7) is 14.1. The number of hydrogen-bond acceptors (Lipinski definition) is 1. The smallest absolute Gasteiger partial charge is 1.00 e. The van der Waals surface area contributed by atoms with Crippen molar-refractivity contribution in [3.05, 3.63) is 91.7 Å². The molecule has 36 heavy (non-hydrogen) atoms. The van der Waals surface area contributed by atoms with Crippen LogP contribution in [-0.4, -0.2) is 8.07 Å². The molecule has 1 aromatic heterocycles. The van der Waals surface area contributed by atoms with Crippen molar-refractivity contribution in [2.75, 3.05) is 0 Å². The molecule has 3 aromatic rings. The molecule has 2 aromatic carbocycles. The van der Waals surface area contributed by atoms with E-state index in [-0.39, 0.29) is 24.8 Å². The molecule has 2 unspecified atom stereocenters. The SMILES string of the molecule is CC1=C2c3cc(C)sc3C1[Si]2(C)C.CCCCc1ccc(-c2cccc3c2C=C(C)[CH]3[Zr+2])cc1.[Cl-].[Cl-]. The Kier molecular flexibility index (Phi) is 9.61. The van der Waals surface area contributed by atoms with Gasteiger partial charge < -0.3 is 24.8 Å². The number of aryl methyl sites for hydroxylation is 2. The maximum absolute atomic E-state index is 2.52. The first-order chi connectivity index (χ1) is 16.2. The van der Waals surface area contributed by atoms with Crippen LogP contribution in [0.2, 0.25) is 13.1 Å². The van der Waals surface area contributed by atoms with Crippen molar-refractivity contribution >= 4 is 30.7 Å². The molecule has 0 saturated heterocycles. The minimum Gasteiger partial charge on any atom is -1.00 e. The van der Waals surface area contributed by atoms with Crippen LogP contribution < -0.4 is 24.8 Å². The van der Waals surface area contributed by atoms with Gasteiger partial charge in [-0.3, -0.25) is 0 Å². The van der Waals surface area contributed by atoms with Crippen LogP contribution in [0.25, 0.3) is 22.4 Å². The van der Waals surface area contributed by atoms with E-state index in [0.29, 0.717) is 3.63 Å². The Hall–Kier alpha value is -0.700. The van der Waals surface area contributed by atoms with Crippen molar-refractivity contribution < 1.29 is 49.5 Å². The second-order valence-corrected chi connectivity index (χ2v) is 18.0. The second kappa shape index (κ2) is 11.6. The van der Waals surface area contributed by atoms with Gasteiger partial charge in [0.15, 0.2) is 0 Å². The molecular weight excluding hydrogens is 595 g/mol. The summed E-state index contributed by atoms with van der Waals surface area (Å²) >= 11 is 3.62. The minimum atomic E-state index is -0.995. The van der Waals surface area contributed by atoms with E-state index in [2.05, 4.69) is 95.4 Å². The largest absolute Gasteiger partial charge is 1.00 e. The fraction of sp³-hybridized carbons (Fsp3) is 0.355. The summed E-state index contributed by atoms with van der Waals surface area (Å²) in [7, 11) is -0.995. The van der Waals surface area contributed by atoms with Crippen molar-refractivity contribution in [3.8, 4) is 11.1 Å². The number of allylic oxidation sites excluding steroid dienone is 2. The molecule has 4 aliphatic rings. The average Bonchev–Trinajstić information content (AvgIpc) is 3.46. The molecule has 5 heteroatoms. The average molecular weight is 630 g/mol. The van der Waals surface area contributed by atoms with Gasteiger partial charge in [-0.15, -0.1) is 11.3 Å². The summed E-state index contributed by atoms with van der Waals surface area (Å²) in [6.07, 6.45) is 6.12. The third kappa shape index (κ3) is 5.01. The van der Waals surface area contributed by atoms with Gasteiger partial charge >= 0.3 is 143 Å². The maximum atomic E-state index is 2.52. The van der Waals surface area contributed by atoms with E-state index in [1.165, 1.54) is 57.5 Å². The quantitative estimate of drug-likeness (QED) is 0.388. The number of fused-ring (bicyclic) bond motifs is 1. The topological polar surface area (TPSA) is 0 Å². The van der Waals surface area contributed by atoms with E-state index >= 15 is 0 Å². The molecular formula is C31H35Cl2SSiZr. The fourth-order valence-corrected chi connectivity index (χ4v) is 13.5. The molecule has 2 aliphatic carbocycles. The number of benzene rings is 2. The predicted octanol–water partition coefficient (Wildman–Crippen LogP) is 3.44. The van der Waals surface area contributed by atoms with Crippen LogP contribution in [0.4, 0.5) is 0 Å². The monoisotopic (exact) mass is 627 g/mol. The van der Waals surface area contributed by atoms with Crippen molar-refractivity contribution in [2.24, 2.45) is 0 Å². The Labute approximate surface area is 250 Å². The first kappa shape index (κ1) is 29.9. The Balaban J connectivity index is 0.000000208. The van der Waals surface area contributed by atoms with Crippen LogP contribution in [0.1, 0.15) is 74.8 Å². The molecule has 2 aliphatic heterocycles. The zero-order chi connectivity index (χ0) is 24.2. The predicted molar refractivity (Wildman–Crippen MR) is 149 cm³/mol. The Morgan fingerprint density at radius 3 is 2.25 bits per heavy atom. The molecule has 7 rings (SSSR count). The van der Waals surface area contributed by atoms with E-state index in [4.69, 9.17) is 0 Å². The minimum absolute atomic E-state index is 0. The molecule has 0 fully saturated rings. The summed E-state index contributed by atoms with van der Waals surface area (Å²) in [6, 6.07) is 18.3. The van der Waals surface area contributed by atoms with Crippen molar-refractivity contribution in [1.82, 2.24) is 0 Å². The summed E-state index contributed by atoms with van der Waals surface area (Å²) in [5, 5.41) is 1.77. The van der Waals surface area contributed by atoms with Gasteiger partial charge in [0.05, 0.1) is 8.07 Å². The Morgan fingerprint density at radius 2 is 1.64 bits per heavy atom. The number of rotatable bonds is 4. The summed E-state index contributed by atoms with van der Waals surface area (Å²) in [5.74, 6) is 0. The molecule has 2 atom stereocenters. The van der Waals surface area contributed by atoms with Gasteiger partial charge in [0, 0.05) is 15.3 Å². The zero-order valence-electron chi connectivity index (χ0n) is 22.1. The van der Waals surface area contributed by atoms with E-state index in [1.54, 1.807) is 45.9 Å². The van der Waals surface area contributed by atoms with Crippen LogP contribution in [-0.2, 0) is 31.1 Å². The summed E-state index contributed by atoms with van der Waals surface area (Å²) < 4.78 is 0.649. The van der Waals surface area contributed by atoms with Gasteiger partial charge in [-0.25, -0.2) is 0 Å². The van der Waals surface area contributed by atoms with Crippen LogP contribution in [0, 0.1) is 6.92 Å². The summed E-state index contributed by atoms with van der Waals surface area (Å²) in [5.41, 5.74) is 12.9. The molecule has 0 N–H and O–H groups in total. The standard InChI is InChI=1S/C20H21.C11H14SSi.2ClH.Zr/c1-3-4-6-16-9-11-17(12-10-16)19-8-5-7-18-13-15(2)14-20(18)19;1-6-5-8-9(12-6)11-7(2)10(8)13(11,3)4;;;/h5,7-14H,3-4,6H2,1-2H3;5,11H,1-4H3;2*1H;/q;;;;+2/p-2. The zero-order valence-corrected chi connectivity index (χ0v) is 27.9. The van der Waals surface area contributed by atoms with Crippen molar-refractivity contribution in [1.29, 1.82) is 0 Å². The van der Waals surface area contributed by atoms with E-state index in [1.807, 2.05) is 11.3 Å². The Morgan fingerprint density at radius 1 is 0.944 bits per heavy atom. The Bertz CT molecular complexity index is 1320. The van der Waals surface area contributed by atoms with Crippen LogP contribution in [0.15, 0.2) is 59.7 Å². The van der Waals surface area contributed by atoms with E-state index in [0.717, 1.165) is 5.54 Å². The third-order valence-corrected chi connectivity index (χ3v) is 15.3. The summed E-state index contributed by atoms with van der Waals surface area (Å²) in [4.78, 5) is 3.19. The molecule has 0 radical (unpaired) electrons. The molecule has 187 valence electrons. The van der Waals surface area contributed by atoms with Gasteiger partial charge in [-0.1, -0.05) is 23.9 Å². The van der Waals surface area contributed by atoms with Gasteiger partial charge in [-0.2, -0.15) is 0 Å². The molecule has 0 spiro atoms. The van der Waals surface area contributed by atoms with Gasteiger partial charge in [0.25, 0.3) is 0 Å². The van der Waals surface area contributed by atoms with Crippen LogP contribution >= 0.6 is 11.3 Å². The molecule has 3 heterocycles. The first-order valence-corrected chi connectivity index (χ1v) is 18.0. The second-order valence-electron chi connectivity index (χ2n) is 10.8.